The zero-order valence-corrected chi connectivity index (χ0v) is 10.6. The normalized spacial score (nSPS) is 42.8. The van der Waals surface area contributed by atoms with Gasteiger partial charge in [-0.05, 0) is 61.7 Å². The molecule has 3 N–H and O–H groups in total. The predicted molar refractivity (Wildman–Crippen MR) is 65.5 cm³/mol. The van der Waals surface area contributed by atoms with Gasteiger partial charge in [0.1, 0.15) is 0 Å². The van der Waals surface area contributed by atoms with Gasteiger partial charge in [-0.2, -0.15) is 0 Å². The van der Waals surface area contributed by atoms with Crippen LogP contribution in [0.3, 0.4) is 0 Å². The van der Waals surface area contributed by atoms with Gasteiger partial charge in [0.2, 0.25) is 5.91 Å². The van der Waals surface area contributed by atoms with E-state index in [4.69, 9.17) is 10.8 Å². The van der Waals surface area contributed by atoms with Gasteiger partial charge in [0, 0.05) is 0 Å². The molecule has 4 bridgehead atoms. The summed E-state index contributed by atoms with van der Waals surface area (Å²) in [6.07, 6.45) is 6.87. The Bertz CT molecular complexity index is 355. The standard InChI is InChI=1S/C14H21NO3/c15-13(18)11(4-12(16)17)14-5-8-1-9(6-14)3-10(2-8)7-14/h8-11H,1-7H2,(H2,15,18)(H,16,17). The lowest BCUT2D eigenvalue weighted by molar-refractivity contribution is -0.151. The summed E-state index contributed by atoms with van der Waals surface area (Å²) >= 11 is 0. The molecule has 4 fully saturated rings. The number of primary amides is 1. The summed E-state index contributed by atoms with van der Waals surface area (Å²) < 4.78 is 0. The van der Waals surface area contributed by atoms with Crippen molar-refractivity contribution in [3.05, 3.63) is 0 Å². The third kappa shape index (κ3) is 1.82. The first kappa shape index (κ1) is 12.0. The smallest absolute Gasteiger partial charge is 0.304 e. The summed E-state index contributed by atoms with van der Waals surface area (Å²) in [5.74, 6) is 0.392. The maximum atomic E-state index is 11.7. The van der Waals surface area contributed by atoms with Gasteiger partial charge in [0.15, 0.2) is 0 Å². The van der Waals surface area contributed by atoms with Crippen LogP contribution in [0.5, 0.6) is 0 Å². The van der Waals surface area contributed by atoms with Gasteiger partial charge in [-0.3, -0.25) is 9.59 Å². The van der Waals surface area contributed by atoms with Crippen LogP contribution in [0.2, 0.25) is 0 Å². The number of aliphatic carboxylic acids is 1. The maximum Gasteiger partial charge on any atom is 0.304 e. The van der Waals surface area contributed by atoms with Crippen molar-refractivity contribution >= 4 is 11.9 Å². The van der Waals surface area contributed by atoms with E-state index in [9.17, 15) is 9.59 Å². The molecule has 4 nitrogen and oxygen atoms in total. The molecular formula is C14H21NO3. The van der Waals surface area contributed by atoms with Gasteiger partial charge < -0.3 is 10.8 Å². The molecule has 0 spiro atoms. The molecule has 0 saturated heterocycles. The molecule has 0 aliphatic heterocycles. The summed E-state index contributed by atoms with van der Waals surface area (Å²) in [6.45, 7) is 0. The van der Waals surface area contributed by atoms with Crippen LogP contribution in [0.1, 0.15) is 44.9 Å². The zero-order chi connectivity index (χ0) is 12.9. The molecule has 4 aliphatic rings. The lowest BCUT2D eigenvalue weighted by Crippen LogP contribution is -2.53. The van der Waals surface area contributed by atoms with E-state index in [1.54, 1.807) is 0 Å². The number of amides is 1. The Morgan fingerprint density at radius 2 is 1.56 bits per heavy atom. The first-order valence-electron chi connectivity index (χ1n) is 6.99. The Hall–Kier alpha value is -1.06. The molecule has 1 atom stereocenters. The molecular weight excluding hydrogens is 230 g/mol. The van der Waals surface area contributed by atoms with Gasteiger partial charge in [-0.25, -0.2) is 0 Å². The second kappa shape index (κ2) is 3.97. The molecule has 0 aromatic rings. The van der Waals surface area contributed by atoms with Crippen molar-refractivity contribution in [1.29, 1.82) is 0 Å². The minimum atomic E-state index is -0.894. The van der Waals surface area contributed by atoms with Crippen LogP contribution in [-0.2, 0) is 9.59 Å². The molecule has 100 valence electrons. The van der Waals surface area contributed by atoms with Crippen LogP contribution < -0.4 is 5.73 Å². The van der Waals surface area contributed by atoms with Gasteiger partial charge in [0.05, 0.1) is 12.3 Å². The van der Waals surface area contributed by atoms with Crippen LogP contribution >= 0.6 is 0 Å². The predicted octanol–water partition coefficient (Wildman–Crippen LogP) is 1.78. The van der Waals surface area contributed by atoms with Gasteiger partial charge >= 0.3 is 5.97 Å². The van der Waals surface area contributed by atoms with E-state index in [0.29, 0.717) is 17.8 Å². The highest BCUT2D eigenvalue weighted by Crippen LogP contribution is 2.63. The highest BCUT2D eigenvalue weighted by molar-refractivity contribution is 5.82. The second-order valence-electron chi connectivity index (χ2n) is 6.83. The average Bonchev–Trinajstić information content (AvgIpc) is 2.23. The zero-order valence-electron chi connectivity index (χ0n) is 10.6. The largest absolute Gasteiger partial charge is 0.481 e. The van der Waals surface area contributed by atoms with E-state index in [0.717, 1.165) is 19.3 Å². The van der Waals surface area contributed by atoms with Crippen molar-refractivity contribution in [2.45, 2.75) is 44.9 Å². The van der Waals surface area contributed by atoms with E-state index in [2.05, 4.69) is 0 Å². The fourth-order valence-electron chi connectivity index (χ4n) is 5.40. The summed E-state index contributed by atoms with van der Waals surface area (Å²) in [7, 11) is 0. The lowest BCUT2D eigenvalue weighted by atomic mass is 9.46. The van der Waals surface area contributed by atoms with Crippen LogP contribution in [0.4, 0.5) is 0 Å². The number of carboxylic acid groups (broad SMARTS) is 1. The van der Waals surface area contributed by atoms with Crippen molar-refractivity contribution in [2.24, 2.45) is 34.8 Å². The SMILES string of the molecule is NC(=O)C(CC(=O)O)C12CC3CC(CC(C3)C1)C2. The second-order valence-corrected chi connectivity index (χ2v) is 6.83. The molecule has 0 radical (unpaired) electrons. The van der Waals surface area contributed by atoms with E-state index >= 15 is 0 Å². The molecule has 4 saturated carbocycles. The molecule has 4 aliphatic carbocycles. The molecule has 0 aromatic carbocycles. The van der Waals surface area contributed by atoms with Crippen molar-refractivity contribution < 1.29 is 14.7 Å². The molecule has 1 amide bonds. The monoisotopic (exact) mass is 251 g/mol. The molecule has 1 unspecified atom stereocenters. The average molecular weight is 251 g/mol. The fourth-order valence-corrected chi connectivity index (χ4v) is 5.40. The molecule has 18 heavy (non-hydrogen) atoms. The topological polar surface area (TPSA) is 80.4 Å². The number of nitrogens with two attached hydrogens (primary N) is 1. The van der Waals surface area contributed by atoms with Crippen LogP contribution in [0.15, 0.2) is 0 Å². The molecule has 0 aromatic heterocycles. The number of rotatable bonds is 4. The first-order valence-corrected chi connectivity index (χ1v) is 6.99. The van der Waals surface area contributed by atoms with Gasteiger partial charge in [-0.15, -0.1) is 0 Å². The highest BCUT2D eigenvalue weighted by atomic mass is 16.4. The Balaban J connectivity index is 1.88. The Morgan fingerprint density at radius 1 is 1.11 bits per heavy atom. The summed E-state index contributed by atoms with van der Waals surface area (Å²) in [6, 6.07) is 0. The number of carbonyl (C=O) groups excluding carboxylic acids is 1. The number of hydrogen-bond acceptors (Lipinski definition) is 2. The summed E-state index contributed by atoms with van der Waals surface area (Å²) in [5, 5.41) is 9.03. The van der Waals surface area contributed by atoms with Crippen molar-refractivity contribution in [3.63, 3.8) is 0 Å². The molecule has 0 heterocycles. The van der Waals surface area contributed by atoms with E-state index in [1.165, 1.54) is 19.3 Å². The van der Waals surface area contributed by atoms with E-state index < -0.39 is 17.8 Å². The lowest BCUT2D eigenvalue weighted by Gasteiger charge is -2.58. The van der Waals surface area contributed by atoms with Crippen LogP contribution in [-0.4, -0.2) is 17.0 Å². The molecule has 4 heteroatoms. The number of hydrogen-bond donors (Lipinski definition) is 2. The van der Waals surface area contributed by atoms with E-state index in [1.807, 2.05) is 0 Å². The van der Waals surface area contributed by atoms with E-state index in [-0.39, 0.29) is 11.8 Å². The Labute approximate surface area is 107 Å². The van der Waals surface area contributed by atoms with Crippen molar-refractivity contribution in [1.82, 2.24) is 0 Å². The van der Waals surface area contributed by atoms with Crippen molar-refractivity contribution in [3.8, 4) is 0 Å². The first-order chi connectivity index (χ1) is 8.48. The summed E-state index contributed by atoms with van der Waals surface area (Å²) in [5.41, 5.74) is 5.42. The fraction of sp³-hybridized carbons (Fsp3) is 0.857. The number of carbonyl (C=O) groups is 2. The third-order valence-corrected chi connectivity index (χ3v) is 5.55. The minimum absolute atomic E-state index is 0.0819. The third-order valence-electron chi connectivity index (χ3n) is 5.55. The van der Waals surface area contributed by atoms with Crippen LogP contribution in [0, 0.1) is 29.1 Å². The van der Waals surface area contributed by atoms with Crippen molar-refractivity contribution in [2.75, 3.05) is 0 Å². The Morgan fingerprint density at radius 3 is 1.89 bits per heavy atom. The quantitative estimate of drug-likeness (QED) is 0.799. The van der Waals surface area contributed by atoms with Gasteiger partial charge in [-0.1, -0.05) is 0 Å². The Kier molecular flexibility index (Phi) is 2.65. The summed E-state index contributed by atoms with van der Waals surface area (Å²) in [4.78, 5) is 22.7. The highest BCUT2D eigenvalue weighted by Gasteiger charge is 2.55. The molecule has 4 rings (SSSR count). The van der Waals surface area contributed by atoms with Gasteiger partial charge in [0.25, 0.3) is 0 Å². The minimum Gasteiger partial charge on any atom is -0.481 e. The van der Waals surface area contributed by atoms with Crippen LogP contribution in [0.25, 0.3) is 0 Å². The maximum absolute atomic E-state index is 11.7. The number of carboxylic acids is 1.